The Kier molecular flexibility index (Phi) is 7.14. The number of aryl methyl sites for hydroxylation is 1. The first kappa shape index (κ1) is 21.6. The summed E-state index contributed by atoms with van der Waals surface area (Å²) >= 11 is 20.8. The SMILES string of the molecule is Cc1ccc(-c2ccc(/C=C/C(=O)NC(=S)Nc3ccc(Br)cc3Cl)o2)cc1Cl. The van der Waals surface area contributed by atoms with E-state index in [1.54, 1.807) is 24.3 Å². The molecule has 2 N–H and O–H groups in total. The minimum absolute atomic E-state index is 0.137. The van der Waals surface area contributed by atoms with Gasteiger partial charge in [0.1, 0.15) is 11.5 Å². The van der Waals surface area contributed by atoms with Gasteiger partial charge in [0, 0.05) is 21.1 Å². The zero-order valence-corrected chi connectivity index (χ0v) is 19.0. The van der Waals surface area contributed by atoms with Crippen LogP contribution in [0.4, 0.5) is 5.69 Å². The number of rotatable bonds is 4. The largest absolute Gasteiger partial charge is 0.457 e. The van der Waals surface area contributed by atoms with Gasteiger partial charge in [-0.15, -0.1) is 0 Å². The van der Waals surface area contributed by atoms with Crippen molar-refractivity contribution in [2.45, 2.75) is 6.92 Å². The van der Waals surface area contributed by atoms with E-state index in [0.29, 0.717) is 27.3 Å². The van der Waals surface area contributed by atoms with Gasteiger partial charge >= 0.3 is 0 Å². The van der Waals surface area contributed by atoms with Gasteiger partial charge in [0.15, 0.2) is 5.11 Å². The third-order valence-corrected chi connectivity index (χ3v) is 5.32. The van der Waals surface area contributed by atoms with Gasteiger partial charge in [-0.2, -0.15) is 0 Å². The van der Waals surface area contributed by atoms with Gasteiger partial charge in [-0.25, -0.2) is 0 Å². The topological polar surface area (TPSA) is 54.3 Å². The predicted molar refractivity (Wildman–Crippen MR) is 126 cm³/mol. The molecule has 1 aromatic heterocycles. The van der Waals surface area contributed by atoms with E-state index >= 15 is 0 Å². The van der Waals surface area contributed by atoms with Crippen LogP contribution in [0, 0.1) is 6.92 Å². The molecule has 0 saturated heterocycles. The number of anilines is 1. The maximum Gasteiger partial charge on any atom is 0.250 e. The van der Waals surface area contributed by atoms with E-state index in [2.05, 4.69) is 26.6 Å². The maximum atomic E-state index is 12.1. The third kappa shape index (κ3) is 5.93. The molecule has 4 nitrogen and oxygen atoms in total. The highest BCUT2D eigenvalue weighted by Gasteiger charge is 2.07. The Morgan fingerprint density at radius 2 is 1.90 bits per heavy atom. The fourth-order valence-corrected chi connectivity index (χ4v) is 3.51. The molecule has 0 aliphatic carbocycles. The number of carbonyl (C=O) groups excluding carboxylic acids is 1. The lowest BCUT2D eigenvalue weighted by Crippen LogP contribution is -2.32. The fourth-order valence-electron chi connectivity index (χ4n) is 2.40. The van der Waals surface area contributed by atoms with Crippen LogP contribution in [0.15, 0.2) is 63.5 Å². The van der Waals surface area contributed by atoms with Gasteiger partial charge in [0.05, 0.1) is 10.7 Å². The number of furan rings is 1. The molecule has 1 heterocycles. The van der Waals surface area contributed by atoms with Crippen molar-refractivity contribution in [3.05, 3.63) is 80.4 Å². The lowest BCUT2D eigenvalue weighted by molar-refractivity contribution is -0.115. The van der Waals surface area contributed by atoms with Crippen LogP contribution in [0.3, 0.4) is 0 Å². The number of hydrogen-bond donors (Lipinski definition) is 2. The summed E-state index contributed by atoms with van der Waals surface area (Å²) in [5.74, 6) is 0.794. The van der Waals surface area contributed by atoms with Crippen molar-refractivity contribution in [1.82, 2.24) is 5.32 Å². The average molecular weight is 510 g/mol. The Morgan fingerprint density at radius 1 is 1.10 bits per heavy atom. The van der Waals surface area contributed by atoms with E-state index in [1.807, 2.05) is 37.3 Å². The van der Waals surface area contributed by atoms with E-state index in [0.717, 1.165) is 15.6 Å². The van der Waals surface area contributed by atoms with Gasteiger partial charge in [0.2, 0.25) is 5.91 Å². The molecule has 3 aromatic rings. The smallest absolute Gasteiger partial charge is 0.250 e. The zero-order valence-electron chi connectivity index (χ0n) is 15.1. The van der Waals surface area contributed by atoms with Gasteiger partial charge in [-0.1, -0.05) is 51.3 Å². The molecule has 0 spiro atoms. The molecule has 0 saturated carbocycles. The Bertz CT molecular complexity index is 1110. The maximum absolute atomic E-state index is 12.1. The van der Waals surface area contributed by atoms with Crippen LogP contribution in [0.25, 0.3) is 17.4 Å². The van der Waals surface area contributed by atoms with Crippen LogP contribution < -0.4 is 10.6 Å². The fraction of sp³-hybridized carbons (Fsp3) is 0.0476. The molecule has 0 unspecified atom stereocenters. The summed E-state index contributed by atoms with van der Waals surface area (Å²) in [5, 5.41) is 6.72. The molecular formula is C21H15BrCl2N2O2S. The Labute approximate surface area is 192 Å². The molecule has 2 aromatic carbocycles. The molecule has 3 rings (SSSR count). The number of nitrogens with one attached hydrogen (secondary N) is 2. The first-order valence-corrected chi connectivity index (χ1v) is 10.4. The number of halogens is 3. The first-order chi connectivity index (χ1) is 13.8. The second-order valence-corrected chi connectivity index (χ2v) is 8.21. The normalized spacial score (nSPS) is 10.9. The number of carbonyl (C=O) groups is 1. The Hall–Kier alpha value is -2.12. The van der Waals surface area contributed by atoms with E-state index < -0.39 is 5.91 Å². The Balaban J connectivity index is 1.59. The second-order valence-electron chi connectivity index (χ2n) is 6.07. The summed E-state index contributed by atoms with van der Waals surface area (Å²) in [7, 11) is 0. The highest BCUT2D eigenvalue weighted by atomic mass is 79.9. The van der Waals surface area contributed by atoms with Crippen LogP contribution in [0.5, 0.6) is 0 Å². The van der Waals surface area contributed by atoms with E-state index in [1.165, 1.54) is 6.08 Å². The van der Waals surface area contributed by atoms with E-state index in [9.17, 15) is 4.79 Å². The molecule has 29 heavy (non-hydrogen) atoms. The first-order valence-electron chi connectivity index (χ1n) is 8.43. The number of thiocarbonyl (C=S) groups is 1. The molecule has 0 aliphatic rings. The molecule has 1 amide bonds. The van der Waals surface area contributed by atoms with Crippen molar-refractivity contribution in [2.24, 2.45) is 0 Å². The standard InChI is InChI=1S/C21H15BrCl2N2O2S/c1-12-2-3-13(10-16(12)23)19-8-5-15(28-19)6-9-20(27)26-21(29)25-18-7-4-14(22)11-17(18)24/h2-11H,1H3,(H2,25,26,27,29)/b9-6+. The molecule has 0 atom stereocenters. The minimum atomic E-state index is -0.396. The van der Waals surface area contributed by atoms with Crippen molar-refractivity contribution in [1.29, 1.82) is 0 Å². The summed E-state index contributed by atoms with van der Waals surface area (Å²) in [5.41, 5.74) is 2.45. The van der Waals surface area contributed by atoms with E-state index in [-0.39, 0.29) is 5.11 Å². The lowest BCUT2D eigenvalue weighted by Gasteiger charge is -2.09. The Morgan fingerprint density at radius 3 is 2.62 bits per heavy atom. The summed E-state index contributed by atoms with van der Waals surface area (Å²) in [6.07, 6.45) is 2.89. The van der Waals surface area contributed by atoms with Crippen LogP contribution in [0.1, 0.15) is 11.3 Å². The van der Waals surface area contributed by atoms with Crippen molar-refractivity contribution in [2.75, 3.05) is 5.32 Å². The second kappa shape index (κ2) is 9.59. The quantitative estimate of drug-likeness (QED) is 0.298. The molecule has 0 bridgehead atoms. The van der Waals surface area contributed by atoms with Crippen molar-refractivity contribution in [3.63, 3.8) is 0 Å². The summed E-state index contributed by atoms with van der Waals surface area (Å²) in [6.45, 7) is 1.94. The zero-order chi connectivity index (χ0) is 21.0. The van der Waals surface area contributed by atoms with Crippen molar-refractivity contribution in [3.8, 4) is 11.3 Å². The van der Waals surface area contributed by atoms with Crippen LogP contribution >= 0.6 is 51.3 Å². The molecule has 148 valence electrons. The molecule has 0 fully saturated rings. The highest BCUT2D eigenvalue weighted by Crippen LogP contribution is 2.27. The predicted octanol–water partition coefficient (Wildman–Crippen LogP) is 6.85. The lowest BCUT2D eigenvalue weighted by atomic mass is 10.1. The monoisotopic (exact) mass is 508 g/mol. The molecule has 8 heteroatoms. The van der Waals surface area contributed by atoms with E-state index in [4.69, 9.17) is 39.8 Å². The average Bonchev–Trinajstić information content (AvgIpc) is 3.14. The molecular weight excluding hydrogens is 495 g/mol. The van der Waals surface area contributed by atoms with Crippen LogP contribution in [-0.2, 0) is 4.79 Å². The van der Waals surface area contributed by atoms with Gasteiger partial charge in [-0.05, 0) is 67.2 Å². The molecule has 0 aliphatic heterocycles. The number of amides is 1. The highest BCUT2D eigenvalue weighted by molar-refractivity contribution is 9.10. The van der Waals surface area contributed by atoms with Gasteiger partial charge < -0.3 is 9.73 Å². The summed E-state index contributed by atoms with van der Waals surface area (Å²) in [4.78, 5) is 12.1. The van der Waals surface area contributed by atoms with Crippen molar-refractivity contribution >= 4 is 74.1 Å². The van der Waals surface area contributed by atoms with Crippen molar-refractivity contribution < 1.29 is 9.21 Å². The minimum Gasteiger partial charge on any atom is -0.457 e. The molecule has 0 radical (unpaired) electrons. The van der Waals surface area contributed by atoms with Crippen LogP contribution in [-0.4, -0.2) is 11.0 Å². The van der Waals surface area contributed by atoms with Gasteiger partial charge in [-0.3, -0.25) is 10.1 Å². The van der Waals surface area contributed by atoms with Gasteiger partial charge in [0.25, 0.3) is 0 Å². The number of benzene rings is 2. The number of hydrogen-bond acceptors (Lipinski definition) is 3. The summed E-state index contributed by atoms with van der Waals surface area (Å²) in [6, 6.07) is 14.6. The summed E-state index contributed by atoms with van der Waals surface area (Å²) < 4.78 is 6.59. The van der Waals surface area contributed by atoms with Crippen LogP contribution in [0.2, 0.25) is 10.0 Å². The third-order valence-electron chi connectivity index (χ3n) is 3.90.